The fraction of sp³-hybridized carbons (Fsp3) is 0.462. The number of benzene rings is 1. The number of carbonyl (C=O) groups is 1. The predicted octanol–water partition coefficient (Wildman–Crippen LogP) is 3.24. The normalized spacial score (nSPS) is 11.5. The molecule has 0 spiro atoms. The summed E-state index contributed by atoms with van der Waals surface area (Å²) >= 11 is 0. The van der Waals surface area contributed by atoms with Gasteiger partial charge >= 0.3 is 5.97 Å². The van der Waals surface area contributed by atoms with Crippen LogP contribution in [0.15, 0.2) is 18.2 Å². The highest BCUT2D eigenvalue weighted by Crippen LogP contribution is 2.26. The quantitative estimate of drug-likeness (QED) is 0.806. The van der Waals surface area contributed by atoms with Crippen LogP contribution < -0.4 is 0 Å². The SMILES string of the molecule is CCc1ccc(C(C)(C)C)c(C(=O)O)c1. The fourth-order valence-electron chi connectivity index (χ4n) is 1.64. The second kappa shape index (κ2) is 4.05. The summed E-state index contributed by atoms with van der Waals surface area (Å²) in [6, 6.07) is 5.72. The Morgan fingerprint density at radius 1 is 1.33 bits per heavy atom. The van der Waals surface area contributed by atoms with Crippen LogP contribution in [0.2, 0.25) is 0 Å². The summed E-state index contributed by atoms with van der Waals surface area (Å²) in [7, 11) is 0. The van der Waals surface area contributed by atoms with E-state index in [0.29, 0.717) is 5.56 Å². The molecule has 0 unspecified atom stereocenters. The molecular formula is C13H18O2. The number of hydrogen-bond donors (Lipinski definition) is 1. The Morgan fingerprint density at radius 2 is 1.93 bits per heavy atom. The Kier molecular flexibility index (Phi) is 3.18. The lowest BCUT2D eigenvalue weighted by molar-refractivity contribution is 0.0694. The van der Waals surface area contributed by atoms with E-state index in [0.717, 1.165) is 17.5 Å². The molecule has 0 aromatic heterocycles. The third-order valence-electron chi connectivity index (χ3n) is 2.53. The summed E-state index contributed by atoms with van der Waals surface area (Å²) in [5.41, 5.74) is 2.27. The second-order valence-corrected chi connectivity index (χ2v) is 4.79. The molecule has 0 bridgehead atoms. The summed E-state index contributed by atoms with van der Waals surface area (Å²) < 4.78 is 0. The van der Waals surface area contributed by atoms with Crippen LogP contribution in [0.25, 0.3) is 0 Å². The van der Waals surface area contributed by atoms with Crippen molar-refractivity contribution in [1.29, 1.82) is 0 Å². The molecule has 15 heavy (non-hydrogen) atoms. The zero-order valence-electron chi connectivity index (χ0n) is 9.79. The van der Waals surface area contributed by atoms with Crippen LogP contribution >= 0.6 is 0 Å². The average molecular weight is 206 g/mol. The van der Waals surface area contributed by atoms with Crippen molar-refractivity contribution < 1.29 is 9.90 Å². The number of aryl methyl sites for hydroxylation is 1. The van der Waals surface area contributed by atoms with E-state index in [1.807, 2.05) is 39.8 Å². The van der Waals surface area contributed by atoms with Gasteiger partial charge in [0.1, 0.15) is 0 Å². The van der Waals surface area contributed by atoms with Gasteiger partial charge < -0.3 is 5.11 Å². The largest absolute Gasteiger partial charge is 0.478 e. The zero-order valence-corrected chi connectivity index (χ0v) is 9.79. The maximum atomic E-state index is 11.1. The molecule has 1 aromatic rings. The Balaban J connectivity index is 3.34. The van der Waals surface area contributed by atoms with Crippen molar-refractivity contribution in [3.8, 4) is 0 Å². The lowest BCUT2D eigenvalue weighted by Crippen LogP contribution is -2.17. The molecule has 1 rings (SSSR count). The van der Waals surface area contributed by atoms with E-state index >= 15 is 0 Å². The van der Waals surface area contributed by atoms with Gasteiger partial charge in [-0.05, 0) is 29.0 Å². The van der Waals surface area contributed by atoms with Crippen LogP contribution in [0, 0.1) is 0 Å². The van der Waals surface area contributed by atoms with Crippen molar-refractivity contribution in [2.45, 2.75) is 39.5 Å². The van der Waals surface area contributed by atoms with E-state index in [1.54, 1.807) is 6.07 Å². The molecule has 0 radical (unpaired) electrons. The molecule has 0 aliphatic carbocycles. The van der Waals surface area contributed by atoms with E-state index < -0.39 is 5.97 Å². The minimum absolute atomic E-state index is 0.125. The molecule has 0 saturated carbocycles. The van der Waals surface area contributed by atoms with Crippen molar-refractivity contribution in [3.05, 3.63) is 34.9 Å². The van der Waals surface area contributed by atoms with Gasteiger partial charge in [-0.3, -0.25) is 0 Å². The lowest BCUT2D eigenvalue weighted by Gasteiger charge is -2.21. The van der Waals surface area contributed by atoms with Gasteiger partial charge in [0.15, 0.2) is 0 Å². The van der Waals surface area contributed by atoms with Crippen LogP contribution in [0.1, 0.15) is 49.2 Å². The molecule has 2 heteroatoms. The van der Waals surface area contributed by atoms with Crippen molar-refractivity contribution in [2.24, 2.45) is 0 Å². The average Bonchev–Trinajstić information content (AvgIpc) is 2.15. The first-order valence-electron chi connectivity index (χ1n) is 5.23. The Hall–Kier alpha value is -1.31. The molecule has 0 atom stereocenters. The van der Waals surface area contributed by atoms with Gasteiger partial charge in [-0.15, -0.1) is 0 Å². The summed E-state index contributed by atoms with van der Waals surface area (Å²) in [5.74, 6) is -0.838. The van der Waals surface area contributed by atoms with Crippen LogP contribution in [0.5, 0.6) is 0 Å². The fourth-order valence-corrected chi connectivity index (χ4v) is 1.64. The monoisotopic (exact) mass is 206 g/mol. The summed E-state index contributed by atoms with van der Waals surface area (Å²) in [6.45, 7) is 8.11. The van der Waals surface area contributed by atoms with Gasteiger partial charge in [0, 0.05) is 0 Å². The molecule has 1 aromatic carbocycles. The standard InChI is InChI=1S/C13H18O2/c1-5-9-6-7-11(13(2,3)4)10(8-9)12(14)15/h6-8H,5H2,1-4H3,(H,14,15). The topological polar surface area (TPSA) is 37.3 Å². The number of rotatable bonds is 2. The van der Waals surface area contributed by atoms with Gasteiger partial charge in [0.25, 0.3) is 0 Å². The first-order chi connectivity index (χ1) is 6.86. The predicted molar refractivity (Wildman–Crippen MR) is 61.5 cm³/mol. The first-order valence-corrected chi connectivity index (χ1v) is 5.23. The van der Waals surface area contributed by atoms with Crippen LogP contribution in [-0.2, 0) is 11.8 Å². The van der Waals surface area contributed by atoms with Crippen molar-refractivity contribution in [3.63, 3.8) is 0 Å². The number of carboxylic acid groups (broad SMARTS) is 1. The lowest BCUT2D eigenvalue weighted by atomic mass is 9.83. The van der Waals surface area contributed by atoms with Crippen LogP contribution in [0.3, 0.4) is 0 Å². The van der Waals surface area contributed by atoms with Crippen molar-refractivity contribution >= 4 is 5.97 Å². The maximum absolute atomic E-state index is 11.1. The van der Waals surface area contributed by atoms with E-state index in [-0.39, 0.29) is 5.41 Å². The minimum atomic E-state index is -0.838. The summed E-state index contributed by atoms with van der Waals surface area (Å²) in [4.78, 5) is 11.1. The Labute approximate surface area is 90.9 Å². The Morgan fingerprint density at radius 3 is 2.33 bits per heavy atom. The molecule has 0 aliphatic heterocycles. The Bertz CT molecular complexity index is 373. The molecule has 0 saturated heterocycles. The van der Waals surface area contributed by atoms with Crippen LogP contribution in [-0.4, -0.2) is 11.1 Å². The first kappa shape index (κ1) is 11.8. The number of hydrogen-bond acceptors (Lipinski definition) is 1. The van der Waals surface area contributed by atoms with Gasteiger partial charge in [-0.1, -0.05) is 39.8 Å². The van der Waals surface area contributed by atoms with E-state index in [9.17, 15) is 4.79 Å². The molecule has 0 fully saturated rings. The second-order valence-electron chi connectivity index (χ2n) is 4.79. The van der Waals surface area contributed by atoms with E-state index in [2.05, 4.69) is 0 Å². The molecular weight excluding hydrogens is 188 g/mol. The maximum Gasteiger partial charge on any atom is 0.335 e. The molecule has 0 amide bonds. The van der Waals surface area contributed by atoms with Crippen LogP contribution in [0.4, 0.5) is 0 Å². The van der Waals surface area contributed by atoms with Gasteiger partial charge in [-0.2, -0.15) is 0 Å². The highest BCUT2D eigenvalue weighted by Gasteiger charge is 2.21. The molecule has 0 heterocycles. The molecule has 2 nitrogen and oxygen atoms in total. The minimum Gasteiger partial charge on any atom is -0.478 e. The smallest absolute Gasteiger partial charge is 0.335 e. The third kappa shape index (κ3) is 2.58. The zero-order chi connectivity index (χ0) is 11.6. The van der Waals surface area contributed by atoms with E-state index in [4.69, 9.17) is 5.11 Å². The highest BCUT2D eigenvalue weighted by atomic mass is 16.4. The summed E-state index contributed by atoms with van der Waals surface area (Å²) in [6.07, 6.45) is 0.866. The van der Waals surface area contributed by atoms with Gasteiger partial charge in [-0.25, -0.2) is 4.79 Å². The molecule has 0 aliphatic rings. The molecule has 1 N–H and O–H groups in total. The van der Waals surface area contributed by atoms with Crippen molar-refractivity contribution in [1.82, 2.24) is 0 Å². The van der Waals surface area contributed by atoms with Crippen molar-refractivity contribution in [2.75, 3.05) is 0 Å². The van der Waals surface area contributed by atoms with Gasteiger partial charge in [0.05, 0.1) is 5.56 Å². The molecule has 82 valence electrons. The summed E-state index contributed by atoms with van der Waals surface area (Å²) in [5, 5.41) is 9.15. The number of aromatic carboxylic acids is 1. The van der Waals surface area contributed by atoms with E-state index in [1.165, 1.54) is 0 Å². The van der Waals surface area contributed by atoms with Gasteiger partial charge in [0.2, 0.25) is 0 Å². The number of carboxylic acids is 1. The third-order valence-corrected chi connectivity index (χ3v) is 2.53. The highest BCUT2D eigenvalue weighted by molar-refractivity contribution is 5.90.